The van der Waals surface area contributed by atoms with E-state index in [1.807, 2.05) is 30.5 Å². The monoisotopic (exact) mass is 470 g/mol. The molecule has 1 saturated heterocycles. The number of aromatic nitrogens is 3. The Kier molecular flexibility index (Phi) is 6.66. The molecule has 0 spiro atoms. The van der Waals surface area contributed by atoms with Crippen LogP contribution in [0.1, 0.15) is 12.0 Å². The molecule has 8 heteroatoms. The normalized spacial score (nSPS) is 15.5. The second-order valence-corrected chi connectivity index (χ2v) is 14.3. The van der Waals surface area contributed by atoms with Gasteiger partial charge in [0.15, 0.2) is 0 Å². The summed E-state index contributed by atoms with van der Waals surface area (Å²) in [5.74, 6) is 4.62. The summed E-state index contributed by atoms with van der Waals surface area (Å²) in [5.41, 5.74) is 5.01. The largest absolute Gasteiger partial charge is 0.354 e. The molecule has 1 fully saturated rings. The Morgan fingerprint density at radius 1 is 1.24 bits per heavy atom. The standard InChI is InChI=1S/C26H30N6OSi/c1-6-24(33)31(2)22-7-8-23-20(15-22)9-12-27-25(23)32-13-10-21(18-32)30-26-28-16-19(17-29-26)11-14-34(3,4)5/h6-9,12,15-17,21H,1,10,13,18H2,2-5H3,(H,28,29,30). The molecule has 174 valence electrons. The van der Waals surface area contributed by atoms with E-state index < -0.39 is 8.07 Å². The molecule has 1 aliphatic rings. The zero-order valence-corrected chi connectivity index (χ0v) is 21.2. The third kappa shape index (κ3) is 5.43. The molecule has 1 atom stereocenters. The van der Waals surface area contributed by atoms with Crippen LogP contribution in [0.15, 0.2) is 55.5 Å². The molecule has 1 N–H and O–H groups in total. The lowest BCUT2D eigenvalue weighted by molar-refractivity contribution is -0.113. The van der Waals surface area contributed by atoms with Crippen molar-refractivity contribution in [1.29, 1.82) is 0 Å². The topological polar surface area (TPSA) is 74.2 Å². The van der Waals surface area contributed by atoms with Crippen LogP contribution in [-0.4, -0.2) is 55.1 Å². The Morgan fingerprint density at radius 2 is 2.00 bits per heavy atom. The number of pyridine rings is 1. The molecular weight excluding hydrogens is 440 g/mol. The van der Waals surface area contributed by atoms with Crippen molar-refractivity contribution in [1.82, 2.24) is 15.0 Å². The predicted molar refractivity (Wildman–Crippen MR) is 142 cm³/mol. The SMILES string of the molecule is C=CC(=O)N(C)c1ccc2c(N3CCC(Nc4ncc(C#C[Si](C)(C)C)cn4)C3)nccc2c1. The van der Waals surface area contributed by atoms with E-state index in [0.29, 0.717) is 5.95 Å². The molecule has 7 nitrogen and oxygen atoms in total. The molecule has 1 aliphatic heterocycles. The second kappa shape index (κ2) is 9.65. The van der Waals surface area contributed by atoms with Crippen LogP contribution in [0.2, 0.25) is 19.6 Å². The lowest BCUT2D eigenvalue weighted by atomic mass is 10.1. The lowest BCUT2D eigenvalue weighted by Crippen LogP contribution is -2.27. The fraction of sp³-hybridized carbons (Fsp3) is 0.308. The molecule has 0 saturated carbocycles. The number of carbonyl (C=O) groups is 1. The van der Waals surface area contributed by atoms with Crippen LogP contribution in [0.3, 0.4) is 0 Å². The molecule has 3 heterocycles. The molecular formula is C26H30N6OSi. The number of nitrogens with one attached hydrogen (secondary N) is 1. The van der Waals surface area contributed by atoms with Crippen molar-refractivity contribution in [2.24, 2.45) is 0 Å². The van der Waals surface area contributed by atoms with Gasteiger partial charge in [-0.1, -0.05) is 32.1 Å². The summed E-state index contributed by atoms with van der Waals surface area (Å²) in [6.45, 7) is 11.9. The highest BCUT2D eigenvalue weighted by Crippen LogP contribution is 2.30. The van der Waals surface area contributed by atoms with Crippen LogP contribution in [0.5, 0.6) is 0 Å². The van der Waals surface area contributed by atoms with Gasteiger partial charge in [-0.05, 0) is 42.1 Å². The molecule has 3 aromatic rings. The number of amides is 1. The van der Waals surface area contributed by atoms with Crippen LogP contribution in [0.4, 0.5) is 17.5 Å². The minimum Gasteiger partial charge on any atom is -0.354 e. The summed E-state index contributed by atoms with van der Waals surface area (Å²) < 4.78 is 0. The van der Waals surface area contributed by atoms with E-state index >= 15 is 0 Å². The number of fused-ring (bicyclic) bond motifs is 1. The van der Waals surface area contributed by atoms with Crippen LogP contribution in [0.25, 0.3) is 10.8 Å². The minimum absolute atomic E-state index is 0.138. The maximum absolute atomic E-state index is 12.0. The van der Waals surface area contributed by atoms with Crippen LogP contribution < -0.4 is 15.1 Å². The fourth-order valence-corrected chi connectivity index (χ4v) is 4.37. The molecule has 0 bridgehead atoms. The summed E-state index contributed by atoms with van der Waals surface area (Å²) in [6.07, 6.45) is 7.67. The Labute approximate surface area is 201 Å². The summed E-state index contributed by atoms with van der Waals surface area (Å²) >= 11 is 0. The van der Waals surface area contributed by atoms with Gasteiger partial charge in [-0.25, -0.2) is 15.0 Å². The Bertz CT molecular complexity index is 1270. The van der Waals surface area contributed by atoms with Gasteiger partial charge in [-0.3, -0.25) is 4.79 Å². The third-order valence-corrected chi connectivity index (χ3v) is 6.55. The average Bonchev–Trinajstić information content (AvgIpc) is 3.29. The van der Waals surface area contributed by atoms with E-state index in [2.05, 4.69) is 62.9 Å². The zero-order valence-electron chi connectivity index (χ0n) is 20.2. The third-order valence-electron chi connectivity index (χ3n) is 5.67. The van der Waals surface area contributed by atoms with Crippen molar-refractivity contribution in [2.75, 3.05) is 35.3 Å². The van der Waals surface area contributed by atoms with E-state index in [1.165, 1.54) is 6.08 Å². The van der Waals surface area contributed by atoms with E-state index in [0.717, 1.165) is 47.4 Å². The van der Waals surface area contributed by atoms with Gasteiger partial charge in [0.1, 0.15) is 13.9 Å². The lowest BCUT2D eigenvalue weighted by Gasteiger charge is -2.21. The van der Waals surface area contributed by atoms with E-state index in [-0.39, 0.29) is 11.9 Å². The van der Waals surface area contributed by atoms with Crippen molar-refractivity contribution in [3.63, 3.8) is 0 Å². The minimum atomic E-state index is -1.42. The average molecular weight is 471 g/mol. The van der Waals surface area contributed by atoms with E-state index in [4.69, 9.17) is 0 Å². The smallest absolute Gasteiger partial charge is 0.250 e. The zero-order chi connectivity index (χ0) is 24.3. The quantitative estimate of drug-likeness (QED) is 0.344. The van der Waals surface area contributed by atoms with E-state index in [9.17, 15) is 4.79 Å². The molecule has 4 rings (SSSR count). The predicted octanol–water partition coefficient (Wildman–Crippen LogP) is 4.09. The number of carbonyl (C=O) groups excluding carboxylic acids is 1. The van der Waals surface area contributed by atoms with Crippen molar-refractivity contribution >= 4 is 42.2 Å². The van der Waals surface area contributed by atoms with E-state index in [1.54, 1.807) is 24.3 Å². The van der Waals surface area contributed by atoms with Gasteiger partial charge in [0.25, 0.3) is 0 Å². The van der Waals surface area contributed by atoms with Crippen molar-refractivity contribution in [3.8, 4) is 11.5 Å². The summed E-state index contributed by atoms with van der Waals surface area (Å²) in [6, 6.07) is 8.19. The number of nitrogens with zero attached hydrogens (tertiary/aromatic N) is 5. The van der Waals surface area contributed by atoms with Gasteiger partial charge in [0, 0.05) is 55.8 Å². The molecule has 1 unspecified atom stereocenters. The Morgan fingerprint density at radius 3 is 2.71 bits per heavy atom. The van der Waals surface area contributed by atoms with Gasteiger partial charge in [-0.15, -0.1) is 5.54 Å². The molecule has 0 radical (unpaired) electrons. The number of likely N-dealkylation sites (N-methyl/N-ethyl adjacent to an activating group) is 1. The van der Waals surface area contributed by atoms with Crippen LogP contribution in [-0.2, 0) is 4.79 Å². The van der Waals surface area contributed by atoms with Gasteiger partial charge < -0.3 is 15.1 Å². The highest BCUT2D eigenvalue weighted by Gasteiger charge is 2.25. The first-order valence-corrected chi connectivity index (χ1v) is 14.9. The van der Waals surface area contributed by atoms with Gasteiger partial charge in [-0.2, -0.15) is 0 Å². The number of benzene rings is 1. The summed E-state index contributed by atoms with van der Waals surface area (Å²) in [7, 11) is 0.324. The molecule has 1 aromatic carbocycles. The highest BCUT2D eigenvalue weighted by atomic mass is 28.3. The van der Waals surface area contributed by atoms with Crippen molar-refractivity contribution < 1.29 is 4.79 Å². The second-order valence-electron chi connectivity index (χ2n) is 9.51. The maximum atomic E-state index is 12.0. The number of anilines is 3. The summed E-state index contributed by atoms with van der Waals surface area (Å²) in [5, 5.41) is 5.55. The Hall–Kier alpha value is -3.70. The Balaban J connectivity index is 1.45. The molecule has 0 aliphatic carbocycles. The van der Waals surface area contributed by atoms with Gasteiger partial charge >= 0.3 is 0 Å². The number of rotatable bonds is 5. The van der Waals surface area contributed by atoms with Crippen LogP contribution in [0, 0.1) is 11.5 Å². The van der Waals surface area contributed by atoms with Crippen LogP contribution >= 0.6 is 0 Å². The molecule has 34 heavy (non-hydrogen) atoms. The molecule has 1 amide bonds. The molecule has 2 aromatic heterocycles. The van der Waals surface area contributed by atoms with Gasteiger partial charge in [0.2, 0.25) is 11.9 Å². The van der Waals surface area contributed by atoms with Crippen molar-refractivity contribution in [3.05, 3.63) is 61.1 Å². The first-order valence-electron chi connectivity index (χ1n) is 11.4. The van der Waals surface area contributed by atoms with Gasteiger partial charge in [0.05, 0.1) is 5.56 Å². The highest BCUT2D eigenvalue weighted by molar-refractivity contribution is 6.83. The fourth-order valence-electron chi connectivity index (χ4n) is 3.85. The number of hydrogen-bond acceptors (Lipinski definition) is 6. The van der Waals surface area contributed by atoms with Crippen molar-refractivity contribution in [2.45, 2.75) is 32.1 Å². The first-order chi connectivity index (χ1) is 16.2. The summed E-state index contributed by atoms with van der Waals surface area (Å²) in [4.78, 5) is 29.4. The maximum Gasteiger partial charge on any atom is 0.250 e. The first kappa shape index (κ1) is 23.5. The number of hydrogen-bond donors (Lipinski definition) is 1.